The van der Waals surface area contributed by atoms with Crippen LogP contribution in [-0.2, 0) is 9.53 Å². The number of nitrogens with zero attached hydrogens (tertiary/aromatic N) is 2. The van der Waals surface area contributed by atoms with Crippen molar-refractivity contribution in [1.82, 2.24) is 15.5 Å². The van der Waals surface area contributed by atoms with Gasteiger partial charge in [0.05, 0.1) is 24.4 Å². The van der Waals surface area contributed by atoms with Crippen LogP contribution < -0.4 is 16.4 Å². The van der Waals surface area contributed by atoms with Gasteiger partial charge in [-0.25, -0.2) is 4.79 Å². The van der Waals surface area contributed by atoms with Crippen LogP contribution in [0.5, 0.6) is 0 Å². The van der Waals surface area contributed by atoms with Gasteiger partial charge in [-0.3, -0.25) is 4.99 Å². The van der Waals surface area contributed by atoms with Gasteiger partial charge >= 0.3 is 5.97 Å². The van der Waals surface area contributed by atoms with Crippen LogP contribution in [0, 0.1) is 40.4 Å². The Labute approximate surface area is 261 Å². The van der Waals surface area contributed by atoms with Crippen molar-refractivity contribution >= 4 is 11.9 Å². The summed E-state index contributed by atoms with van der Waals surface area (Å²) in [5.41, 5.74) is 5.22. The Morgan fingerprint density at radius 1 is 1.23 bits per heavy atom. The fraction of sp³-hybridized carbons (Fsp3) is 0.824. The highest BCUT2D eigenvalue weighted by Gasteiger charge is 2.76. The smallest absolute Gasteiger partial charge is 0.334 e. The molecule has 0 aromatic carbocycles. The number of rotatable bonds is 6. The van der Waals surface area contributed by atoms with Crippen LogP contribution in [0.4, 0.5) is 0 Å². The molecule has 2 saturated heterocycles. The molecule has 244 valence electrons. The van der Waals surface area contributed by atoms with E-state index in [-0.39, 0.29) is 41.5 Å². The summed E-state index contributed by atoms with van der Waals surface area (Å²) in [6, 6.07) is 0.456. The molecular formula is C34H53N5O5. The summed E-state index contributed by atoms with van der Waals surface area (Å²) in [5.74, 6) is 0.892. The number of allylic oxidation sites excluding steroid dienone is 1. The molecule has 44 heavy (non-hydrogen) atoms. The number of ether oxygens (including phenoxy) is 1. The first-order valence-corrected chi connectivity index (χ1v) is 17.3. The van der Waals surface area contributed by atoms with Gasteiger partial charge in [0.15, 0.2) is 5.96 Å². The minimum absolute atomic E-state index is 0.0581. The molecule has 5 fully saturated rings. The maximum absolute atomic E-state index is 13.4. The van der Waals surface area contributed by atoms with Gasteiger partial charge in [0, 0.05) is 55.7 Å². The third-order valence-corrected chi connectivity index (χ3v) is 13.6. The topological polar surface area (TPSA) is 153 Å². The molecule has 0 unspecified atom stereocenters. The Bertz CT molecular complexity index is 1240. The van der Waals surface area contributed by atoms with Gasteiger partial charge in [-0.15, -0.1) is 0 Å². The van der Waals surface area contributed by atoms with Crippen LogP contribution in [0.25, 0.3) is 0 Å². The van der Waals surface area contributed by atoms with E-state index in [2.05, 4.69) is 28.6 Å². The molecule has 2 spiro atoms. The number of carbonyl (C=O) groups is 1. The lowest BCUT2D eigenvalue weighted by atomic mass is 9.45. The number of aliphatic carboxylic acids is 1. The minimum atomic E-state index is -1.55. The number of carboxylic acids is 1. The molecule has 0 aromatic heterocycles. The van der Waals surface area contributed by atoms with Gasteiger partial charge in [0.2, 0.25) is 0 Å². The van der Waals surface area contributed by atoms with Crippen molar-refractivity contribution in [1.29, 1.82) is 0 Å². The minimum Gasteiger partial charge on any atom is -0.478 e. The number of carboxylic acid groups (broad SMARTS) is 1. The summed E-state index contributed by atoms with van der Waals surface area (Å²) in [5, 5.41) is 40.7. The Balaban J connectivity index is 1.31. The molecule has 0 amide bonds. The van der Waals surface area contributed by atoms with Crippen LogP contribution in [0.2, 0.25) is 0 Å². The average Bonchev–Trinajstić information content (AvgIpc) is 3.39. The number of nitrogens with one attached hydrogen (secondary N) is 2. The molecule has 3 aliphatic heterocycles. The molecule has 0 radical (unpaired) electrons. The fourth-order valence-corrected chi connectivity index (χ4v) is 11.9. The second-order valence-corrected chi connectivity index (χ2v) is 15.1. The Hall–Kier alpha value is -1.98. The fourth-order valence-electron chi connectivity index (χ4n) is 11.9. The SMILES string of the molecule is CN=C(N)N1C=C[C@H](CNCCO)[C@@]2(C1)[C@@H]1CC[C@@H](C)[C@]23C[C@](O)([C@H]2CC[C@@H]4CC[C@H]5NCCC[C@H]5[C@@H]4O2)C(C(=O)O)=C3C1. The van der Waals surface area contributed by atoms with Crippen molar-refractivity contribution in [3.63, 3.8) is 0 Å². The van der Waals surface area contributed by atoms with Crippen LogP contribution >= 0.6 is 0 Å². The maximum atomic E-state index is 13.4. The van der Waals surface area contributed by atoms with Gasteiger partial charge in [-0.1, -0.05) is 13.0 Å². The Kier molecular flexibility index (Phi) is 7.92. The van der Waals surface area contributed by atoms with E-state index < -0.39 is 23.1 Å². The van der Waals surface area contributed by atoms with Gasteiger partial charge < -0.3 is 41.3 Å². The molecule has 7 rings (SSSR count). The maximum Gasteiger partial charge on any atom is 0.334 e. The van der Waals surface area contributed by atoms with E-state index in [1.807, 2.05) is 11.1 Å². The second kappa shape index (κ2) is 11.4. The molecule has 4 aliphatic carbocycles. The van der Waals surface area contributed by atoms with E-state index in [0.29, 0.717) is 62.7 Å². The largest absolute Gasteiger partial charge is 0.478 e. The normalized spacial score (nSPS) is 46.6. The first kappa shape index (κ1) is 30.7. The molecule has 11 atom stereocenters. The van der Waals surface area contributed by atoms with Crippen LogP contribution in [-0.4, -0.2) is 95.8 Å². The molecule has 3 heterocycles. The molecular weight excluding hydrogens is 558 g/mol. The number of hydrogen-bond acceptors (Lipinski definition) is 7. The Morgan fingerprint density at radius 2 is 2.05 bits per heavy atom. The summed E-state index contributed by atoms with van der Waals surface area (Å²) in [6.07, 6.45) is 13.1. The molecule has 7 N–H and O–H groups in total. The molecule has 10 heteroatoms. The van der Waals surface area contributed by atoms with E-state index in [4.69, 9.17) is 10.5 Å². The zero-order valence-electron chi connectivity index (χ0n) is 26.5. The van der Waals surface area contributed by atoms with Crippen molar-refractivity contribution in [3.05, 3.63) is 23.4 Å². The Morgan fingerprint density at radius 3 is 2.82 bits per heavy atom. The van der Waals surface area contributed by atoms with Crippen molar-refractivity contribution < 1.29 is 24.9 Å². The lowest BCUT2D eigenvalue weighted by Crippen LogP contribution is -2.64. The second-order valence-electron chi connectivity index (χ2n) is 15.1. The highest BCUT2D eigenvalue weighted by molar-refractivity contribution is 5.92. The average molecular weight is 612 g/mol. The zero-order chi connectivity index (χ0) is 30.9. The number of aliphatic hydroxyl groups excluding tert-OH is 1. The van der Waals surface area contributed by atoms with Crippen molar-refractivity contribution in [2.24, 2.45) is 51.1 Å². The highest BCUT2D eigenvalue weighted by Crippen LogP contribution is 2.77. The first-order chi connectivity index (χ1) is 21.2. The molecule has 7 aliphatic rings. The molecule has 10 nitrogen and oxygen atoms in total. The quantitative estimate of drug-likeness (QED) is 0.151. The number of fused-ring (bicyclic) bond motifs is 3. The van der Waals surface area contributed by atoms with Crippen LogP contribution in [0.1, 0.15) is 71.1 Å². The first-order valence-electron chi connectivity index (χ1n) is 17.3. The number of nitrogens with two attached hydrogens (primary N) is 1. The van der Waals surface area contributed by atoms with Crippen LogP contribution in [0.15, 0.2) is 28.4 Å². The van der Waals surface area contributed by atoms with Gasteiger partial charge in [0.1, 0.15) is 5.60 Å². The molecule has 3 saturated carbocycles. The summed E-state index contributed by atoms with van der Waals surface area (Å²) in [4.78, 5) is 19.8. The molecule has 0 aromatic rings. The van der Waals surface area contributed by atoms with E-state index in [9.17, 15) is 20.1 Å². The monoisotopic (exact) mass is 611 g/mol. The van der Waals surface area contributed by atoms with Gasteiger partial charge in [-0.05, 0) is 100.0 Å². The third-order valence-electron chi connectivity index (χ3n) is 13.6. The number of guanidine groups is 1. The van der Waals surface area contributed by atoms with Crippen molar-refractivity contribution in [2.45, 2.75) is 95.0 Å². The van der Waals surface area contributed by atoms with Gasteiger partial charge in [0.25, 0.3) is 0 Å². The lowest BCUT2D eigenvalue weighted by Gasteiger charge is -2.61. The number of hydrogen-bond donors (Lipinski definition) is 6. The van der Waals surface area contributed by atoms with E-state index in [1.165, 1.54) is 6.42 Å². The predicted molar refractivity (Wildman–Crippen MR) is 168 cm³/mol. The van der Waals surface area contributed by atoms with Crippen molar-refractivity contribution in [2.75, 3.05) is 39.8 Å². The molecule has 2 bridgehead atoms. The summed E-state index contributed by atoms with van der Waals surface area (Å²) < 4.78 is 7.03. The number of piperidine rings is 1. The summed E-state index contributed by atoms with van der Waals surface area (Å²) in [7, 11) is 1.70. The third kappa shape index (κ3) is 4.23. The number of aliphatic imine (C=N–C) groups is 1. The zero-order valence-corrected chi connectivity index (χ0v) is 26.5. The van der Waals surface area contributed by atoms with Crippen LogP contribution in [0.3, 0.4) is 0 Å². The van der Waals surface area contributed by atoms with E-state index in [0.717, 1.165) is 50.6 Å². The van der Waals surface area contributed by atoms with E-state index >= 15 is 0 Å². The highest BCUT2D eigenvalue weighted by atomic mass is 16.5. The van der Waals surface area contributed by atoms with Gasteiger partial charge in [-0.2, -0.15) is 0 Å². The van der Waals surface area contributed by atoms with E-state index in [1.54, 1.807) is 7.05 Å². The number of aliphatic hydroxyl groups is 2. The standard InChI is InChI=1S/C34H53N5O5/c1-20-5-8-22-16-25-28(30(41)42)34(43,27-10-7-21-6-9-26-24(29(21)44-27)4-3-12-38-26)18-32(20,25)33(22)19-39(31(35)36-2)14-11-23(33)17-37-13-15-40/h11,14,20-24,26-27,29,37-38,40,43H,3-10,12-13,15-19H2,1-2H3,(H2,35,36)(H,41,42)/t20-,21+,22-,23-,24-,26-,27-,29-,32+,33-,34+/m1/s1. The summed E-state index contributed by atoms with van der Waals surface area (Å²) >= 11 is 0. The predicted octanol–water partition coefficient (Wildman–Crippen LogP) is 2.22. The van der Waals surface area contributed by atoms with Crippen molar-refractivity contribution in [3.8, 4) is 0 Å². The lowest BCUT2D eigenvalue weighted by molar-refractivity contribution is -0.205. The summed E-state index contributed by atoms with van der Waals surface area (Å²) in [6.45, 7) is 5.20.